The highest BCUT2D eigenvalue weighted by atomic mass is 19.1. The standard InChI is InChI=1S/C30H39FO8/c1-5-19(32)16-23(33)28(30(34)35)26-21(18(2)3)17-24(37-14-15-39-25-12-8-9-13-38-25)29(36-4)27(26)20-10-6-7-11-22(20)31/h5-7,10-11,17-19,23,25,28,32-33H,1,8-9,12-16H2,2-4H3,(H,34,35). The molecule has 0 spiro atoms. The van der Waals surface area contributed by atoms with Gasteiger partial charge in [-0.25, -0.2) is 4.39 Å². The molecule has 0 aliphatic carbocycles. The third-order valence-corrected chi connectivity index (χ3v) is 6.79. The number of aliphatic hydroxyl groups excluding tert-OH is 2. The number of hydrogen-bond donors (Lipinski definition) is 3. The summed E-state index contributed by atoms with van der Waals surface area (Å²) in [7, 11) is 1.39. The molecule has 4 atom stereocenters. The summed E-state index contributed by atoms with van der Waals surface area (Å²) < 4.78 is 38.4. The Bertz CT molecular complexity index is 1110. The SMILES string of the molecule is C=CC(O)CC(O)C(C(=O)O)c1c(C(C)C)cc(OCCOC2CCCCO2)c(OC)c1-c1ccccc1F. The van der Waals surface area contributed by atoms with Crippen LogP contribution in [0, 0.1) is 5.82 Å². The van der Waals surface area contributed by atoms with Crippen molar-refractivity contribution < 1.29 is 43.5 Å². The molecule has 0 radical (unpaired) electrons. The van der Waals surface area contributed by atoms with Gasteiger partial charge >= 0.3 is 5.97 Å². The molecule has 0 aromatic heterocycles. The van der Waals surface area contributed by atoms with Gasteiger partial charge in [-0.2, -0.15) is 0 Å². The number of hydrogen-bond acceptors (Lipinski definition) is 7. The third-order valence-electron chi connectivity index (χ3n) is 6.79. The Morgan fingerprint density at radius 2 is 1.97 bits per heavy atom. The van der Waals surface area contributed by atoms with Crippen LogP contribution in [0.2, 0.25) is 0 Å². The summed E-state index contributed by atoms with van der Waals surface area (Å²) in [6.45, 7) is 8.30. The van der Waals surface area contributed by atoms with Crippen molar-refractivity contribution in [1.29, 1.82) is 0 Å². The Balaban J connectivity index is 2.13. The molecule has 4 unspecified atom stereocenters. The van der Waals surface area contributed by atoms with Crippen LogP contribution >= 0.6 is 0 Å². The first-order valence-corrected chi connectivity index (χ1v) is 13.3. The van der Waals surface area contributed by atoms with Crippen LogP contribution in [0.4, 0.5) is 4.39 Å². The summed E-state index contributed by atoms with van der Waals surface area (Å²) in [6.07, 6.45) is 0.900. The molecule has 39 heavy (non-hydrogen) atoms. The molecule has 3 N–H and O–H groups in total. The molecule has 2 aromatic carbocycles. The van der Waals surface area contributed by atoms with Crippen molar-refractivity contribution in [3.8, 4) is 22.6 Å². The number of rotatable bonds is 14. The molecule has 1 saturated heterocycles. The fourth-order valence-corrected chi connectivity index (χ4v) is 4.86. The molecule has 0 saturated carbocycles. The number of aliphatic hydroxyl groups is 2. The molecule has 8 nitrogen and oxygen atoms in total. The van der Waals surface area contributed by atoms with Crippen LogP contribution in [0.25, 0.3) is 11.1 Å². The van der Waals surface area contributed by atoms with Gasteiger partial charge in [0, 0.05) is 24.2 Å². The van der Waals surface area contributed by atoms with E-state index in [9.17, 15) is 20.1 Å². The first-order chi connectivity index (χ1) is 18.7. The molecule has 9 heteroatoms. The normalized spacial score (nSPS) is 17.9. The number of aliphatic carboxylic acids is 1. The minimum Gasteiger partial charge on any atom is -0.492 e. The van der Waals surface area contributed by atoms with E-state index in [2.05, 4.69) is 6.58 Å². The van der Waals surface area contributed by atoms with Crippen molar-refractivity contribution in [3.63, 3.8) is 0 Å². The van der Waals surface area contributed by atoms with Gasteiger partial charge in [0.25, 0.3) is 0 Å². The number of carboxylic acid groups (broad SMARTS) is 1. The van der Waals surface area contributed by atoms with Gasteiger partial charge in [-0.3, -0.25) is 4.79 Å². The van der Waals surface area contributed by atoms with E-state index < -0.39 is 29.9 Å². The Hall–Kier alpha value is -2.98. The zero-order valence-corrected chi connectivity index (χ0v) is 22.8. The van der Waals surface area contributed by atoms with Crippen molar-refractivity contribution >= 4 is 5.97 Å². The van der Waals surface area contributed by atoms with Gasteiger partial charge in [0.05, 0.1) is 25.9 Å². The molecule has 2 aromatic rings. The molecule has 3 rings (SSSR count). The molecule has 0 amide bonds. The summed E-state index contributed by atoms with van der Waals surface area (Å²) in [6, 6.07) is 7.64. The van der Waals surface area contributed by atoms with Gasteiger partial charge in [-0.05, 0) is 48.4 Å². The van der Waals surface area contributed by atoms with Crippen LogP contribution in [0.1, 0.15) is 62.5 Å². The molecule has 0 bridgehead atoms. The van der Waals surface area contributed by atoms with Crippen LogP contribution in [0.15, 0.2) is 43.0 Å². The van der Waals surface area contributed by atoms with Crippen molar-refractivity contribution in [2.75, 3.05) is 26.9 Å². The fraction of sp³-hybridized carbons (Fsp3) is 0.500. The fourth-order valence-electron chi connectivity index (χ4n) is 4.86. The predicted molar refractivity (Wildman–Crippen MR) is 145 cm³/mol. The lowest BCUT2D eigenvalue weighted by atomic mass is 9.79. The van der Waals surface area contributed by atoms with Crippen LogP contribution in [-0.4, -0.2) is 66.7 Å². The molecule has 1 aliphatic heterocycles. The minimum atomic E-state index is -1.50. The van der Waals surface area contributed by atoms with Gasteiger partial charge in [0.15, 0.2) is 17.8 Å². The molecule has 214 valence electrons. The summed E-state index contributed by atoms with van der Waals surface area (Å²) >= 11 is 0. The maximum Gasteiger partial charge on any atom is 0.313 e. The second-order valence-electron chi connectivity index (χ2n) is 9.86. The zero-order chi connectivity index (χ0) is 28.5. The van der Waals surface area contributed by atoms with Gasteiger partial charge in [-0.15, -0.1) is 6.58 Å². The minimum absolute atomic E-state index is 0.103. The topological polar surface area (TPSA) is 115 Å². The Morgan fingerprint density at radius 1 is 1.23 bits per heavy atom. The zero-order valence-electron chi connectivity index (χ0n) is 22.8. The van der Waals surface area contributed by atoms with E-state index in [4.69, 9.17) is 18.9 Å². The highest BCUT2D eigenvalue weighted by molar-refractivity contribution is 5.87. The monoisotopic (exact) mass is 546 g/mol. The number of carbonyl (C=O) groups is 1. The van der Waals surface area contributed by atoms with Crippen LogP contribution in [0.3, 0.4) is 0 Å². The first-order valence-electron chi connectivity index (χ1n) is 13.3. The smallest absolute Gasteiger partial charge is 0.313 e. The lowest BCUT2D eigenvalue weighted by Gasteiger charge is -2.29. The van der Waals surface area contributed by atoms with Crippen LogP contribution < -0.4 is 9.47 Å². The highest BCUT2D eigenvalue weighted by Crippen LogP contribution is 2.49. The predicted octanol–water partition coefficient (Wildman–Crippen LogP) is 5.01. The van der Waals surface area contributed by atoms with Gasteiger partial charge in [-0.1, -0.05) is 38.1 Å². The maximum atomic E-state index is 15.3. The van der Waals surface area contributed by atoms with Crippen LogP contribution in [0.5, 0.6) is 11.5 Å². The third kappa shape index (κ3) is 7.57. The van der Waals surface area contributed by atoms with E-state index in [1.165, 1.54) is 31.4 Å². The molecular formula is C30H39FO8. The molecule has 1 aliphatic rings. The van der Waals surface area contributed by atoms with Crippen molar-refractivity contribution in [2.24, 2.45) is 0 Å². The summed E-state index contributed by atoms with van der Waals surface area (Å²) in [5.41, 5.74) is 1.02. The number of ether oxygens (including phenoxy) is 4. The largest absolute Gasteiger partial charge is 0.492 e. The van der Waals surface area contributed by atoms with E-state index in [0.717, 1.165) is 19.3 Å². The summed E-state index contributed by atoms with van der Waals surface area (Å²) in [5, 5.41) is 31.4. The average Bonchev–Trinajstić information content (AvgIpc) is 2.91. The number of methoxy groups -OCH3 is 1. The highest BCUT2D eigenvalue weighted by Gasteiger charge is 2.37. The van der Waals surface area contributed by atoms with Crippen molar-refractivity contribution in [3.05, 3.63) is 59.9 Å². The Morgan fingerprint density at radius 3 is 2.56 bits per heavy atom. The van der Waals surface area contributed by atoms with Crippen LogP contribution in [-0.2, 0) is 14.3 Å². The average molecular weight is 547 g/mol. The van der Waals surface area contributed by atoms with Gasteiger partial charge in [0.2, 0.25) is 0 Å². The van der Waals surface area contributed by atoms with E-state index in [0.29, 0.717) is 17.9 Å². The van der Waals surface area contributed by atoms with E-state index in [-0.39, 0.29) is 54.3 Å². The van der Waals surface area contributed by atoms with Crippen molar-refractivity contribution in [2.45, 2.75) is 69.9 Å². The molecule has 1 heterocycles. The molecular weight excluding hydrogens is 507 g/mol. The lowest BCUT2D eigenvalue weighted by Crippen LogP contribution is -2.31. The van der Waals surface area contributed by atoms with E-state index >= 15 is 4.39 Å². The van der Waals surface area contributed by atoms with E-state index in [1.807, 2.05) is 13.8 Å². The quantitative estimate of drug-likeness (QED) is 0.224. The van der Waals surface area contributed by atoms with Gasteiger partial charge < -0.3 is 34.3 Å². The summed E-state index contributed by atoms with van der Waals surface area (Å²) in [5.74, 6) is -3.22. The molecule has 1 fully saturated rings. The lowest BCUT2D eigenvalue weighted by molar-refractivity contribution is -0.165. The van der Waals surface area contributed by atoms with Crippen molar-refractivity contribution in [1.82, 2.24) is 0 Å². The summed E-state index contributed by atoms with van der Waals surface area (Å²) in [4.78, 5) is 12.6. The number of carboxylic acids is 1. The first kappa shape index (κ1) is 30.6. The van der Waals surface area contributed by atoms with E-state index in [1.54, 1.807) is 12.1 Å². The maximum absolute atomic E-state index is 15.3. The Labute approximate surface area is 229 Å². The number of halogens is 1. The van der Waals surface area contributed by atoms with Gasteiger partial charge in [0.1, 0.15) is 18.3 Å². The number of benzene rings is 2. The second kappa shape index (κ2) is 14.4. The Kier molecular flexibility index (Phi) is 11.3. The second-order valence-corrected chi connectivity index (χ2v) is 9.86.